The number of aliphatic hydroxyl groups is 4. The zero-order valence-corrected chi connectivity index (χ0v) is 13.5. The van der Waals surface area contributed by atoms with Crippen LogP contribution < -0.4 is 11.1 Å². The number of amides is 1. The van der Waals surface area contributed by atoms with Gasteiger partial charge >= 0.3 is 10.4 Å². The summed E-state index contributed by atoms with van der Waals surface area (Å²) < 4.78 is 31.6. The van der Waals surface area contributed by atoms with Crippen molar-refractivity contribution >= 4 is 22.3 Å². The number of rotatable bonds is 3. The molecule has 0 aromatic carbocycles. The molecule has 24 heavy (non-hydrogen) atoms. The van der Waals surface area contributed by atoms with Gasteiger partial charge in [0.15, 0.2) is 5.96 Å². The van der Waals surface area contributed by atoms with E-state index < -0.39 is 47.3 Å². The number of nitrogens with two attached hydrogens (primary N) is 1. The Morgan fingerprint density at radius 3 is 2.21 bits per heavy atom. The molecule has 0 aliphatic carbocycles. The van der Waals surface area contributed by atoms with Crippen molar-refractivity contribution in [2.45, 2.75) is 24.4 Å². The van der Waals surface area contributed by atoms with Gasteiger partial charge in [0.2, 0.25) is 5.91 Å². The third-order valence-corrected chi connectivity index (χ3v) is 3.09. The van der Waals surface area contributed by atoms with E-state index in [0.29, 0.717) is 0 Å². The molecule has 142 valence electrons. The lowest BCUT2D eigenvalue weighted by Crippen LogP contribution is -2.65. The summed E-state index contributed by atoms with van der Waals surface area (Å²) in [6.07, 6.45) is -4.06. The Morgan fingerprint density at radius 1 is 1.29 bits per heavy atom. The fraction of sp³-hybridized carbons (Fsp3) is 0.800. The van der Waals surface area contributed by atoms with E-state index in [1.165, 1.54) is 7.05 Å². The van der Waals surface area contributed by atoms with Gasteiger partial charge < -0.3 is 36.4 Å². The lowest BCUT2D eigenvalue weighted by molar-refractivity contribution is -0.165. The minimum atomic E-state index is -4.67. The lowest BCUT2D eigenvalue weighted by atomic mass is 9.94. The van der Waals surface area contributed by atoms with Gasteiger partial charge in [0.1, 0.15) is 18.3 Å². The number of nitrogens with zero attached hydrogens (tertiary/aromatic N) is 2. The predicted octanol–water partition coefficient (Wildman–Crippen LogP) is -4.85. The molecule has 1 amide bonds. The molecule has 13 nitrogen and oxygen atoms in total. The molecule has 0 spiro atoms. The third-order valence-electron chi connectivity index (χ3n) is 3.09. The van der Waals surface area contributed by atoms with Crippen LogP contribution in [0.15, 0.2) is 4.99 Å². The number of β-amino-alcohol motifs (C(OH)–C–C–N with tert-alkyl or cyclic N) is 1. The first-order valence-electron chi connectivity index (χ1n) is 6.52. The first-order chi connectivity index (χ1) is 10.9. The summed E-state index contributed by atoms with van der Waals surface area (Å²) in [5, 5.41) is 40.5. The van der Waals surface area contributed by atoms with E-state index >= 15 is 0 Å². The number of carbonyl (C=O) groups is 1. The molecule has 1 heterocycles. The van der Waals surface area contributed by atoms with E-state index in [-0.39, 0.29) is 19.0 Å². The monoisotopic (exact) mass is 374 g/mol. The number of aliphatic imine (C=N–C) groups is 1. The van der Waals surface area contributed by atoms with Gasteiger partial charge in [-0.1, -0.05) is 0 Å². The summed E-state index contributed by atoms with van der Waals surface area (Å²) in [5.74, 6) is -0.400. The molecule has 1 aliphatic heterocycles. The number of aliphatic hydroxyl groups excluding tert-OH is 4. The molecule has 1 aliphatic rings. The van der Waals surface area contributed by atoms with Crippen LogP contribution in [0.25, 0.3) is 0 Å². The highest BCUT2D eigenvalue weighted by Crippen LogP contribution is 2.18. The Bertz CT molecular complexity index is 532. The van der Waals surface area contributed by atoms with Gasteiger partial charge in [-0.15, -0.1) is 0 Å². The highest BCUT2D eigenvalue weighted by Gasteiger charge is 2.42. The maximum atomic E-state index is 11.9. The smallest absolute Gasteiger partial charge is 0.394 e. The van der Waals surface area contributed by atoms with Crippen LogP contribution in [0.4, 0.5) is 0 Å². The predicted molar refractivity (Wildman–Crippen MR) is 80.3 cm³/mol. The summed E-state index contributed by atoms with van der Waals surface area (Å²) in [6, 6.07) is -0.965. The number of hydrogen-bond acceptors (Lipinski definition) is 8. The lowest BCUT2D eigenvalue weighted by Gasteiger charge is -2.43. The molecule has 0 aromatic heterocycles. The van der Waals surface area contributed by atoms with Gasteiger partial charge in [0.05, 0.1) is 19.2 Å². The van der Waals surface area contributed by atoms with Crippen LogP contribution in [-0.2, 0) is 15.2 Å². The van der Waals surface area contributed by atoms with Gasteiger partial charge in [-0.05, 0) is 0 Å². The Balaban J connectivity index is 0.000000922. The summed E-state index contributed by atoms with van der Waals surface area (Å²) in [6.45, 7) is -0.879. The largest absolute Gasteiger partial charge is 0.394 e. The molecule has 0 saturated carbocycles. The van der Waals surface area contributed by atoms with E-state index in [1.807, 2.05) is 0 Å². The van der Waals surface area contributed by atoms with Crippen molar-refractivity contribution < 1.29 is 42.7 Å². The number of guanidine groups is 1. The Morgan fingerprint density at radius 2 is 1.79 bits per heavy atom. The summed E-state index contributed by atoms with van der Waals surface area (Å²) >= 11 is 0. The van der Waals surface area contributed by atoms with Crippen molar-refractivity contribution in [3.05, 3.63) is 0 Å². The average molecular weight is 374 g/mol. The number of nitrogens with one attached hydrogen (secondary N) is 1. The summed E-state index contributed by atoms with van der Waals surface area (Å²) in [4.78, 5) is 16.6. The second-order valence-corrected chi connectivity index (χ2v) is 5.65. The number of carbonyl (C=O) groups excluding carboxylic acids is 1. The van der Waals surface area contributed by atoms with E-state index in [2.05, 4.69) is 10.3 Å². The standard InChI is InChI=1S/C10H20N4O5.H2O4S/c1-12-10(11)13-2-7(17)14-3-6(16)9(19)8(18)5(14)4-15;1-5(2,3)4/h5-6,8-9,15-16,18-19H,2-4H2,1H3,(H3,11,12,13);(H2,1,2,3,4)/t5-,6+,8-,9-;/m1./s1. The molecule has 0 bridgehead atoms. The van der Waals surface area contributed by atoms with Crippen LogP contribution in [0.2, 0.25) is 0 Å². The first kappa shape index (κ1) is 22.4. The van der Waals surface area contributed by atoms with Crippen molar-refractivity contribution in [1.82, 2.24) is 10.2 Å². The SMILES string of the molecule is CN=C(N)NCC(=O)N1C[C@H](O)[C@@H](O)[C@H](O)[C@H]1CO.O=S(=O)(O)O. The Kier molecular flexibility index (Phi) is 9.05. The Hall–Kier alpha value is -1.55. The van der Waals surface area contributed by atoms with Crippen LogP contribution in [0.3, 0.4) is 0 Å². The van der Waals surface area contributed by atoms with Gasteiger partial charge in [-0.25, -0.2) is 0 Å². The normalized spacial score (nSPS) is 28.0. The van der Waals surface area contributed by atoms with Crippen LogP contribution in [0.1, 0.15) is 0 Å². The molecule has 0 unspecified atom stereocenters. The minimum Gasteiger partial charge on any atom is -0.394 e. The van der Waals surface area contributed by atoms with Gasteiger partial charge in [0.25, 0.3) is 0 Å². The van der Waals surface area contributed by atoms with Crippen LogP contribution in [0.5, 0.6) is 0 Å². The van der Waals surface area contributed by atoms with Crippen LogP contribution in [-0.4, -0.2) is 106 Å². The van der Waals surface area contributed by atoms with Gasteiger partial charge in [-0.2, -0.15) is 8.42 Å². The van der Waals surface area contributed by atoms with Crippen molar-refractivity contribution in [2.75, 3.05) is 26.7 Å². The first-order valence-corrected chi connectivity index (χ1v) is 7.92. The van der Waals surface area contributed by atoms with Crippen molar-refractivity contribution in [3.8, 4) is 0 Å². The third kappa shape index (κ3) is 7.82. The topological polar surface area (TPSA) is 226 Å². The van der Waals surface area contributed by atoms with E-state index in [1.54, 1.807) is 0 Å². The number of likely N-dealkylation sites (tertiary alicyclic amines) is 1. The highest BCUT2D eigenvalue weighted by atomic mass is 32.3. The van der Waals surface area contributed by atoms with Crippen LogP contribution in [0, 0.1) is 0 Å². The molecule has 4 atom stereocenters. The van der Waals surface area contributed by atoms with E-state index in [4.69, 9.17) is 23.3 Å². The van der Waals surface area contributed by atoms with Crippen LogP contribution >= 0.6 is 0 Å². The fourth-order valence-electron chi connectivity index (χ4n) is 1.92. The Labute approximate surface area is 138 Å². The average Bonchev–Trinajstić information content (AvgIpc) is 2.47. The molecule has 0 radical (unpaired) electrons. The van der Waals surface area contributed by atoms with Crippen molar-refractivity contribution in [3.63, 3.8) is 0 Å². The zero-order valence-electron chi connectivity index (χ0n) is 12.7. The molecule has 1 fully saturated rings. The molecule has 9 N–H and O–H groups in total. The van der Waals surface area contributed by atoms with Crippen molar-refractivity contribution in [1.29, 1.82) is 0 Å². The number of piperidine rings is 1. The summed E-state index contributed by atoms with van der Waals surface area (Å²) in [7, 11) is -3.21. The zero-order chi connectivity index (χ0) is 19.1. The molecule has 1 saturated heterocycles. The molecule has 1 rings (SSSR count). The minimum absolute atomic E-state index is 0.0760. The van der Waals surface area contributed by atoms with Gasteiger partial charge in [-0.3, -0.25) is 18.9 Å². The second kappa shape index (κ2) is 9.67. The molecule has 0 aromatic rings. The second-order valence-electron chi connectivity index (χ2n) is 4.75. The maximum absolute atomic E-state index is 11.9. The fourth-order valence-corrected chi connectivity index (χ4v) is 1.92. The van der Waals surface area contributed by atoms with E-state index in [0.717, 1.165) is 4.90 Å². The summed E-state index contributed by atoms with van der Waals surface area (Å²) in [5.41, 5.74) is 5.37. The number of hydrogen-bond donors (Lipinski definition) is 8. The highest BCUT2D eigenvalue weighted by molar-refractivity contribution is 7.79. The van der Waals surface area contributed by atoms with E-state index in [9.17, 15) is 25.2 Å². The maximum Gasteiger partial charge on any atom is 0.394 e. The molecular formula is C10H22N4O9S. The van der Waals surface area contributed by atoms with Gasteiger partial charge in [0, 0.05) is 13.6 Å². The quantitative estimate of drug-likeness (QED) is 0.133. The molecular weight excluding hydrogens is 352 g/mol. The molecule has 14 heteroatoms. The van der Waals surface area contributed by atoms with Crippen molar-refractivity contribution in [2.24, 2.45) is 10.7 Å².